The van der Waals surface area contributed by atoms with Gasteiger partial charge < -0.3 is 14.6 Å². The molecule has 1 amide bonds. The standard InChI is InChI=1S/C20H21N3O3S/c1-13-6-4-5-7-17(13)19-22-18(26-23-19)12-27-14(2)20(24)21-15-8-10-16(25-3)11-9-15/h4-11,14H,12H2,1-3H3,(H,21,24). The molecule has 0 fully saturated rings. The largest absolute Gasteiger partial charge is 0.497 e. The van der Waals surface area contributed by atoms with Crippen LogP contribution in [0, 0.1) is 6.92 Å². The molecular weight excluding hydrogens is 362 g/mol. The third kappa shape index (κ3) is 4.89. The summed E-state index contributed by atoms with van der Waals surface area (Å²) in [7, 11) is 1.61. The van der Waals surface area contributed by atoms with E-state index in [1.807, 2.05) is 38.1 Å². The molecule has 3 rings (SSSR count). The fourth-order valence-electron chi connectivity index (χ4n) is 2.44. The predicted octanol–water partition coefficient (Wildman–Crippen LogP) is 4.31. The van der Waals surface area contributed by atoms with E-state index in [2.05, 4.69) is 15.5 Å². The molecule has 6 nitrogen and oxygen atoms in total. The second-order valence-corrected chi connectivity index (χ2v) is 7.33. The fraction of sp³-hybridized carbons (Fsp3) is 0.250. The van der Waals surface area contributed by atoms with Gasteiger partial charge in [0.1, 0.15) is 5.75 Å². The zero-order chi connectivity index (χ0) is 19.2. The molecule has 1 heterocycles. The Morgan fingerprint density at radius 2 is 1.96 bits per heavy atom. The van der Waals surface area contributed by atoms with E-state index in [-0.39, 0.29) is 11.2 Å². The molecule has 27 heavy (non-hydrogen) atoms. The van der Waals surface area contributed by atoms with Crippen LogP contribution in [-0.4, -0.2) is 28.4 Å². The average Bonchev–Trinajstić information content (AvgIpc) is 3.15. The minimum Gasteiger partial charge on any atom is -0.497 e. The van der Waals surface area contributed by atoms with E-state index in [4.69, 9.17) is 9.26 Å². The summed E-state index contributed by atoms with van der Waals surface area (Å²) in [5, 5.41) is 6.67. The summed E-state index contributed by atoms with van der Waals surface area (Å²) < 4.78 is 10.4. The molecule has 1 atom stereocenters. The molecule has 0 spiro atoms. The quantitative estimate of drug-likeness (QED) is 0.655. The molecule has 1 unspecified atom stereocenters. The predicted molar refractivity (Wildman–Crippen MR) is 107 cm³/mol. The smallest absolute Gasteiger partial charge is 0.237 e. The number of amides is 1. The summed E-state index contributed by atoms with van der Waals surface area (Å²) in [5.41, 5.74) is 2.76. The molecule has 0 bridgehead atoms. The molecular formula is C20H21N3O3S. The maximum atomic E-state index is 12.3. The summed E-state index contributed by atoms with van der Waals surface area (Å²) >= 11 is 1.44. The van der Waals surface area contributed by atoms with Crippen LogP contribution in [0.2, 0.25) is 0 Å². The molecule has 3 aromatic rings. The van der Waals surface area contributed by atoms with Gasteiger partial charge in [-0.3, -0.25) is 4.79 Å². The van der Waals surface area contributed by atoms with Gasteiger partial charge in [0.2, 0.25) is 17.6 Å². The number of ether oxygens (including phenoxy) is 1. The Kier molecular flexibility index (Phi) is 6.13. The topological polar surface area (TPSA) is 77.2 Å². The first-order valence-electron chi connectivity index (χ1n) is 8.52. The van der Waals surface area contributed by atoms with E-state index < -0.39 is 0 Å². The van der Waals surface area contributed by atoms with Crippen LogP contribution in [0.25, 0.3) is 11.4 Å². The summed E-state index contributed by atoms with van der Waals surface area (Å²) in [6.07, 6.45) is 0. The van der Waals surface area contributed by atoms with Gasteiger partial charge in [0.05, 0.1) is 18.1 Å². The Bertz CT molecular complexity index is 909. The summed E-state index contributed by atoms with van der Waals surface area (Å²) in [6, 6.07) is 15.1. The summed E-state index contributed by atoms with van der Waals surface area (Å²) in [6.45, 7) is 3.86. The number of nitrogens with zero attached hydrogens (tertiary/aromatic N) is 2. The van der Waals surface area contributed by atoms with Crippen LogP contribution in [0.3, 0.4) is 0 Å². The average molecular weight is 383 g/mol. The number of aryl methyl sites for hydroxylation is 1. The SMILES string of the molecule is COc1ccc(NC(=O)C(C)SCc2nc(-c3ccccc3C)no2)cc1. The minimum absolute atomic E-state index is 0.0798. The lowest BCUT2D eigenvalue weighted by Crippen LogP contribution is -2.22. The highest BCUT2D eigenvalue weighted by molar-refractivity contribution is 7.99. The molecule has 0 saturated heterocycles. The van der Waals surface area contributed by atoms with Gasteiger partial charge in [0, 0.05) is 11.3 Å². The third-order valence-electron chi connectivity index (χ3n) is 4.04. The fourth-order valence-corrected chi connectivity index (χ4v) is 3.16. The highest BCUT2D eigenvalue weighted by Crippen LogP contribution is 2.23. The van der Waals surface area contributed by atoms with Gasteiger partial charge in [0.15, 0.2) is 0 Å². The molecule has 0 aliphatic heterocycles. The number of methoxy groups -OCH3 is 1. The Labute approximate surface area is 162 Å². The molecule has 0 saturated carbocycles. The van der Waals surface area contributed by atoms with E-state index in [0.29, 0.717) is 17.5 Å². The minimum atomic E-state index is -0.263. The first kappa shape index (κ1) is 19.0. The van der Waals surface area contributed by atoms with E-state index in [9.17, 15) is 4.79 Å². The molecule has 7 heteroatoms. The Morgan fingerprint density at radius 1 is 1.22 bits per heavy atom. The Morgan fingerprint density at radius 3 is 2.67 bits per heavy atom. The first-order valence-corrected chi connectivity index (χ1v) is 9.57. The zero-order valence-corrected chi connectivity index (χ0v) is 16.2. The van der Waals surface area contributed by atoms with E-state index in [0.717, 1.165) is 22.6 Å². The summed E-state index contributed by atoms with van der Waals surface area (Å²) in [5.74, 6) is 2.21. The molecule has 2 aromatic carbocycles. The van der Waals surface area contributed by atoms with Crippen molar-refractivity contribution in [2.24, 2.45) is 0 Å². The van der Waals surface area contributed by atoms with Gasteiger partial charge in [-0.25, -0.2) is 0 Å². The number of anilines is 1. The first-order chi connectivity index (χ1) is 13.1. The van der Waals surface area contributed by atoms with Crippen molar-refractivity contribution in [1.29, 1.82) is 0 Å². The number of nitrogens with one attached hydrogen (secondary N) is 1. The van der Waals surface area contributed by atoms with E-state index >= 15 is 0 Å². The van der Waals surface area contributed by atoms with Crippen LogP contribution < -0.4 is 10.1 Å². The molecule has 1 N–H and O–H groups in total. The van der Waals surface area contributed by atoms with Crippen LogP contribution >= 0.6 is 11.8 Å². The maximum Gasteiger partial charge on any atom is 0.237 e. The zero-order valence-electron chi connectivity index (χ0n) is 15.4. The molecule has 0 aliphatic carbocycles. The highest BCUT2D eigenvalue weighted by Gasteiger charge is 2.17. The van der Waals surface area contributed by atoms with Crippen LogP contribution in [0.5, 0.6) is 5.75 Å². The van der Waals surface area contributed by atoms with Crippen molar-refractivity contribution in [3.05, 3.63) is 60.0 Å². The molecule has 0 aliphatic rings. The van der Waals surface area contributed by atoms with Gasteiger partial charge in [0.25, 0.3) is 0 Å². The second kappa shape index (κ2) is 8.73. The van der Waals surface area contributed by atoms with Gasteiger partial charge in [-0.15, -0.1) is 11.8 Å². The lowest BCUT2D eigenvalue weighted by molar-refractivity contribution is -0.115. The molecule has 140 valence electrons. The molecule has 1 aromatic heterocycles. The van der Waals surface area contributed by atoms with Gasteiger partial charge in [-0.1, -0.05) is 29.4 Å². The van der Waals surface area contributed by atoms with E-state index in [1.54, 1.807) is 31.4 Å². The number of thioether (sulfide) groups is 1. The number of hydrogen-bond donors (Lipinski definition) is 1. The van der Waals surface area contributed by atoms with Crippen molar-refractivity contribution in [1.82, 2.24) is 10.1 Å². The Balaban J connectivity index is 1.55. The Hall–Kier alpha value is -2.80. The monoisotopic (exact) mass is 383 g/mol. The van der Waals surface area contributed by atoms with Crippen molar-refractivity contribution in [3.8, 4) is 17.1 Å². The lowest BCUT2D eigenvalue weighted by atomic mass is 10.1. The third-order valence-corrected chi connectivity index (χ3v) is 5.17. The van der Waals surface area contributed by atoms with Gasteiger partial charge in [-0.2, -0.15) is 4.98 Å². The van der Waals surface area contributed by atoms with Crippen molar-refractivity contribution < 1.29 is 14.1 Å². The number of hydrogen-bond acceptors (Lipinski definition) is 6. The van der Waals surface area contributed by atoms with Crippen LogP contribution in [0.15, 0.2) is 53.1 Å². The van der Waals surface area contributed by atoms with Crippen molar-refractivity contribution in [3.63, 3.8) is 0 Å². The summed E-state index contributed by atoms with van der Waals surface area (Å²) in [4.78, 5) is 16.8. The number of carbonyl (C=O) groups is 1. The van der Waals surface area contributed by atoms with Crippen LogP contribution in [-0.2, 0) is 10.5 Å². The van der Waals surface area contributed by atoms with Gasteiger partial charge >= 0.3 is 0 Å². The van der Waals surface area contributed by atoms with Crippen LogP contribution in [0.4, 0.5) is 5.69 Å². The lowest BCUT2D eigenvalue weighted by Gasteiger charge is -2.11. The number of aromatic nitrogens is 2. The number of benzene rings is 2. The van der Waals surface area contributed by atoms with E-state index in [1.165, 1.54) is 11.8 Å². The highest BCUT2D eigenvalue weighted by atomic mass is 32.2. The maximum absolute atomic E-state index is 12.3. The van der Waals surface area contributed by atoms with Crippen molar-refractivity contribution in [2.45, 2.75) is 24.9 Å². The van der Waals surface area contributed by atoms with Crippen molar-refractivity contribution >= 4 is 23.4 Å². The normalized spacial score (nSPS) is 11.8. The second-order valence-electron chi connectivity index (χ2n) is 6.00. The molecule has 0 radical (unpaired) electrons. The van der Waals surface area contributed by atoms with Crippen molar-refractivity contribution in [2.75, 3.05) is 12.4 Å². The number of rotatable bonds is 7. The van der Waals surface area contributed by atoms with Gasteiger partial charge in [-0.05, 0) is 43.7 Å². The van der Waals surface area contributed by atoms with Crippen LogP contribution in [0.1, 0.15) is 18.4 Å². The number of carbonyl (C=O) groups excluding carboxylic acids is 1.